The predicted octanol–water partition coefficient (Wildman–Crippen LogP) is 6.88. The van der Waals surface area contributed by atoms with E-state index in [1.807, 2.05) is 55.5 Å². The number of carbonyl (C=O) groups is 1. The fraction of sp³-hybridized carbons (Fsp3) is 0.233. The van der Waals surface area contributed by atoms with Crippen LogP contribution >= 0.6 is 0 Å². The van der Waals surface area contributed by atoms with E-state index in [9.17, 15) is 9.90 Å². The largest absolute Gasteiger partial charge is 0.496 e. The van der Waals surface area contributed by atoms with Gasteiger partial charge in [0.25, 0.3) is 0 Å². The van der Waals surface area contributed by atoms with Gasteiger partial charge in [-0.3, -0.25) is 0 Å². The van der Waals surface area contributed by atoms with Gasteiger partial charge in [0.05, 0.1) is 12.7 Å². The first-order valence-corrected chi connectivity index (χ1v) is 11.7. The lowest BCUT2D eigenvalue weighted by molar-refractivity contribution is 0.0695. The van der Waals surface area contributed by atoms with E-state index in [1.54, 1.807) is 13.2 Å². The summed E-state index contributed by atoms with van der Waals surface area (Å²) in [5.41, 5.74) is 5.40. The van der Waals surface area contributed by atoms with E-state index in [0.29, 0.717) is 24.5 Å². The smallest absolute Gasteiger partial charge is 0.336 e. The third kappa shape index (κ3) is 5.09. The van der Waals surface area contributed by atoms with Crippen LogP contribution in [0.1, 0.15) is 45.1 Å². The maximum absolute atomic E-state index is 12.1. The van der Waals surface area contributed by atoms with Gasteiger partial charge < -0.3 is 19.3 Å². The topological polar surface area (TPSA) is 65.0 Å². The Labute approximate surface area is 205 Å². The Kier molecular flexibility index (Phi) is 7.25. The van der Waals surface area contributed by atoms with E-state index >= 15 is 0 Å². The summed E-state index contributed by atoms with van der Waals surface area (Å²) in [5, 5.41) is 11.6. The molecular weight excluding hydrogens is 440 g/mol. The number of hydrogen-bond donors (Lipinski definition) is 1. The summed E-state index contributed by atoms with van der Waals surface area (Å²) in [7, 11) is 1.62. The van der Waals surface area contributed by atoms with Crippen molar-refractivity contribution in [1.82, 2.24) is 0 Å². The van der Waals surface area contributed by atoms with Crippen LogP contribution in [0.2, 0.25) is 0 Å². The number of carboxylic acid groups (broad SMARTS) is 1. The number of aromatic carboxylic acids is 1. The van der Waals surface area contributed by atoms with Gasteiger partial charge >= 0.3 is 5.97 Å². The zero-order valence-corrected chi connectivity index (χ0v) is 20.6. The monoisotopic (exact) mass is 470 g/mol. The summed E-state index contributed by atoms with van der Waals surface area (Å²) in [6.45, 7) is 6.81. The average Bonchev–Trinajstić information content (AvgIpc) is 2.86. The Hall–Kier alpha value is -3.99. The van der Waals surface area contributed by atoms with Crippen LogP contribution in [0.25, 0.3) is 10.8 Å². The molecule has 0 spiro atoms. The summed E-state index contributed by atoms with van der Waals surface area (Å²) in [6, 6.07) is 21.2. The van der Waals surface area contributed by atoms with Crippen LogP contribution in [0.15, 0.2) is 66.7 Å². The van der Waals surface area contributed by atoms with E-state index in [0.717, 1.165) is 33.2 Å². The summed E-state index contributed by atoms with van der Waals surface area (Å²) in [5.74, 6) is 0.949. The first-order valence-electron chi connectivity index (χ1n) is 11.7. The quantitative estimate of drug-likeness (QED) is 0.289. The van der Waals surface area contributed by atoms with E-state index < -0.39 is 5.97 Å². The molecule has 0 aliphatic carbocycles. The van der Waals surface area contributed by atoms with Crippen molar-refractivity contribution in [2.24, 2.45) is 0 Å². The fourth-order valence-corrected chi connectivity index (χ4v) is 4.42. The van der Waals surface area contributed by atoms with E-state index in [2.05, 4.69) is 26.0 Å². The maximum atomic E-state index is 12.1. The Bertz CT molecular complexity index is 1350. The number of carboxylic acids is 1. The summed E-state index contributed by atoms with van der Waals surface area (Å²) in [4.78, 5) is 12.1. The molecule has 4 aromatic carbocycles. The van der Waals surface area contributed by atoms with Gasteiger partial charge in [0.2, 0.25) is 0 Å². The van der Waals surface area contributed by atoms with Gasteiger partial charge in [0.1, 0.15) is 30.5 Å². The number of rotatable bonds is 9. The van der Waals surface area contributed by atoms with Crippen LogP contribution in [-0.2, 0) is 19.6 Å². The first kappa shape index (κ1) is 24.1. The van der Waals surface area contributed by atoms with Gasteiger partial charge in [0, 0.05) is 10.9 Å². The molecule has 0 heterocycles. The second kappa shape index (κ2) is 10.5. The molecule has 0 aliphatic rings. The number of hydrogen-bond acceptors (Lipinski definition) is 4. The van der Waals surface area contributed by atoms with Gasteiger partial charge in [-0.25, -0.2) is 4.79 Å². The molecule has 4 rings (SSSR count). The van der Waals surface area contributed by atoms with Crippen molar-refractivity contribution in [2.45, 2.75) is 40.4 Å². The highest BCUT2D eigenvalue weighted by molar-refractivity contribution is 6.01. The number of methoxy groups -OCH3 is 1. The summed E-state index contributed by atoms with van der Waals surface area (Å²) >= 11 is 0. The summed E-state index contributed by atoms with van der Waals surface area (Å²) in [6.07, 6.45) is 0.575. The SMILES string of the molecule is CCc1c(C(=O)O)cc(OCc2ccccc2OC)c2ccc(OCc3c(C)cccc3C)cc12. The highest BCUT2D eigenvalue weighted by Crippen LogP contribution is 2.36. The van der Waals surface area contributed by atoms with Crippen molar-refractivity contribution in [3.8, 4) is 17.2 Å². The molecule has 0 unspecified atom stereocenters. The van der Waals surface area contributed by atoms with Crippen molar-refractivity contribution in [2.75, 3.05) is 7.11 Å². The lowest BCUT2D eigenvalue weighted by atomic mass is 9.96. The standard InChI is InChI=1S/C30H30O5/c1-5-23-25-15-22(34-18-27-19(2)9-8-10-20(27)3)13-14-24(25)29(16-26(23)30(31)32)35-17-21-11-6-7-12-28(21)33-4/h6-16H,5,17-18H2,1-4H3,(H,31,32). The number of ether oxygens (including phenoxy) is 3. The zero-order valence-electron chi connectivity index (χ0n) is 20.6. The van der Waals surface area contributed by atoms with Crippen LogP contribution in [-0.4, -0.2) is 18.2 Å². The molecule has 5 heteroatoms. The molecule has 0 saturated carbocycles. The molecular formula is C30H30O5. The van der Waals surface area contributed by atoms with Crippen LogP contribution < -0.4 is 14.2 Å². The molecule has 0 fully saturated rings. The molecule has 0 bridgehead atoms. The lowest BCUT2D eigenvalue weighted by Crippen LogP contribution is -2.06. The average molecular weight is 471 g/mol. The third-order valence-corrected chi connectivity index (χ3v) is 6.37. The Morgan fingerprint density at radius 2 is 1.54 bits per heavy atom. The Balaban J connectivity index is 1.71. The number of fused-ring (bicyclic) bond motifs is 1. The van der Waals surface area contributed by atoms with Gasteiger partial charge in [-0.15, -0.1) is 0 Å². The van der Waals surface area contributed by atoms with Gasteiger partial charge in [-0.05, 0) is 78.2 Å². The van der Waals surface area contributed by atoms with E-state index in [4.69, 9.17) is 14.2 Å². The second-order valence-electron chi connectivity index (χ2n) is 8.53. The highest BCUT2D eigenvalue weighted by atomic mass is 16.5. The maximum Gasteiger partial charge on any atom is 0.336 e. The van der Waals surface area contributed by atoms with Crippen LogP contribution in [0, 0.1) is 13.8 Å². The fourth-order valence-electron chi connectivity index (χ4n) is 4.42. The van der Waals surface area contributed by atoms with E-state index in [-0.39, 0.29) is 12.2 Å². The van der Waals surface area contributed by atoms with Crippen molar-refractivity contribution in [3.63, 3.8) is 0 Å². The predicted molar refractivity (Wildman–Crippen MR) is 138 cm³/mol. The Morgan fingerprint density at radius 3 is 2.23 bits per heavy atom. The minimum Gasteiger partial charge on any atom is -0.496 e. The molecule has 35 heavy (non-hydrogen) atoms. The van der Waals surface area contributed by atoms with Crippen molar-refractivity contribution in [1.29, 1.82) is 0 Å². The third-order valence-electron chi connectivity index (χ3n) is 6.37. The molecule has 0 aliphatic heterocycles. The molecule has 1 N–H and O–H groups in total. The molecule has 4 aromatic rings. The highest BCUT2D eigenvalue weighted by Gasteiger charge is 2.18. The second-order valence-corrected chi connectivity index (χ2v) is 8.53. The number of aryl methyl sites for hydroxylation is 3. The molecule has 0 aromatic heterocycles. The molecule has 0 saturated heterocycles. The normalized spacial score (nSPS) is 10.9. The van der Waals surface area contributed by atoms with Crippen molar-refractivity contribution >= 4 is 16.7 Å². The minimum atomic E-state index is -0.979. The van der Waals surface area contributed by atoms with Gasteiger partial charge in [0.15, 0.2) is 0 Å². The number of para-hydroxylation sites is 1. The van der Waals surface area contributed by atoms with Gasteiger partial charge in [-0.1, -0.05) is 43.3 Å². The molecule has 0 amide bonds. The molecule has 5 nitrogen and oxygen atoms in total. The van der Waals surface area contributed by atoms with E-state index in [1.165, 1.54) is 11.1 Å². The number of benzene rings is 4. The van der Waals surface area contributed by atoms with Gasteiger partial charge in [-0.2, -0.15) is 0 Å². The zero-order chi connectivity index (χ0) is 24.9. The Morgan fingerprint density at radius 1 is 0.800 bits per heavy atom. The summed E-state index contributed by atoms with van der Waals surface area (Å²) < 4.78 is 17.7. The van der Waals surface area contributed by atoms with Crippen LogP contribution in [0.4, 0.5) is 0 Å². The van der Waals surface area contributed by atoms with Crippen molar-refractivity contribution < 1.29 is 24.1 Å². The minimum absolute atomic E-state index is 0.238. The van der Waals surface area contributed by atoms with Crippen LogP contribution in [0.5, 0.6) is 17.2 Å². The first-order chi connectivity index (χ1) is 16.9. The molecule has 180 valence electrons. The van der Waals surface area contributed by atoms with Crippen molar-refractivity contribution in [3.05, 3.63) is 100 Å². The molecule has 0 atom stereocenters. The van der Waals surface area contributed by atoms with Crippen LogP contribution in [0.3, 0.4) is 0 Å². The molecule has 0 radical (unpaired) electrons. The lowest BCUT2D eigenvalue weighted by Gasteiger charge is -2.17.